The number of likely N-dealkylation sites (N-methyl/N-ethyl adjacent to an activating group) is 1. The van der Waals surface area contributed by atoms with Crippen molar-refractivity contribution in [2.45, 2.75) is 39.5 Å². The van der Waals surface area contributed by atoms with Crippen LogP contribution in [-0.4, -0.2) is 95.9 Å². The summed E-state index contributed by atoms with van der Waals surface area (Å²) in [7, 11) is 1.51. The van der Waals surface area contributed by atoms with E-state index in [1.807, 2.05) is 25.1 Å². The van der Waals surface area contributed by atoms with Gasteiger partial charge in [0, 0.05) is 45.3 Å². The summed E-state index contributed by atoms with van der Waals surface area (Å²) in [6.07, 6.45) is 1.03. The van der Waals surface area contributed by atoms with Gasteiger partial charge in [-0.1, -0.05) is 30.3 Å². The summed E-state index contributed by atoms with van der Waals surface area (Å²) in [5.41, 5.74) is 2.73. The van der Waals surface area contributed by atoms with Crippen LogP contribution in [0, 0.1) is 6.92 Å². The number of anilines is 2. The van der Waals surface area contributed by atoms with Crippen LogP contribution in [-0.2, 0) is 30.4 Å². The Morgan fingerprint density at radius 1 is 1.02 bits per heavy atom. The lowest BCUT2D eigenvalue weighted by molar-refractivity contribution is -0.142. The second-order valence-corrected chi connectivity index (χ2v) is 10.1. The fraction of sp³-hybridized carbons (Fsp3) is 0.433. The van der Waals surface area contributed by atoms with Crippen LogP contribution < -0.4 is 10.4 Å². The van der Waals surface area contributed by atoms with E-state index < -0.39 is 12.0 Å². The molecule has 1 fully saturated rings. The maximum absolute atomic E-state index is 13.0. The van der Waals surface area contributed by atoms with Crippen molar-refractivity contribution in [1.29, 1.82) is 0 Å². The molecule has 2 aromatic carbocycles. The van der Waals surface area contributed by atoms with Crippen molar-refractivity contribution < 1.29 is 33.9 Å². The number of amides is 5. The highest BCUT2D eigenvalue weighted by molar-refractivity contribution is 6.00. The number of aliphatic carboxylic acids is 1. The van der Waals surface area contributed by atoms with Crippen LogP contribution in [0.15, 0.2) is 48.5 Å². The molecule has 0 atom stereocenters. The Morgan fingerprint density at radius 2 is 1.74 bits per heavy atom. The molecule has 12 nitrogen and oxygen atoms in total. The predicted octanol–water partition coefficient (Wildman–Crippen LogP) is 2.91. The fourth-order valence-electron chi connectivity index (χ4n) is 4.48. The van der Waals surface area contributed by atoms with Gasteiger partial charge in [-0.05, 0) is 49.6 Å². The second kappa shape index (κ2) is 15.5. The number of benzene rings is 2. The number of nitrogens with zero attached hydrogens (tertiary/aromatic N) is 4. The molecule has 42 heavy (non-hydrogen) atoms. The first-order chi connectivity index (χ1) is 20.1. The van der Waals surface area contributed by atoms with E-state index in [4.69, 9.17) is 9.94 Å². The number of carbonyl (C=O) groups is 5. The first-order valence-corrected chi connectivity index (χ1v) is 14.0. The molecule has 0 bridgehead atoms. The van der Waals surface area contributed by atoms with E-state index in [1.165, 1.54) is 16.8 Å². The summed E-state index contributed by atoms with van der Waals surface area (Å²) in [6, 6.07) is 13.7. The highest BCUT2D eigenvalue weighted by atomic mass is 16.7. The van der Waals surface area contributed by atoms with E-state index in [9.17, 15) is 24.0 Å². The molecule has 1 aliphatic rings. The molecule has 2 aromatic rings. The monoisotopic (exact) mass is 581 g/mol. The molecule has 1 saturated heterocycles. The van der Waals surface area contributed by atoms with Crippen LogP contribution in [0.1, 0.15) is 37.3 Å². The van der Waals surface area contributed by atoms with E-state index in [1.54, 1.807) is 42.2 Å². The molecule has 226 valence electrons. The average Bonchev–Trinajstić information content (AvgIpc) is 3.37. The number of urea groups is 1. The van der Waals surface area contributed by atoms with Gasteiger partial charge in [-0.2, -0.15) is 5.06 Å². The maximum Gasteiger partial charge on any atom is 0.350 e. The fourth-order valence-corrected chi connectivity index (χ4v) is 4.48. The number of hydrogen-bond acceptors (Lipinski definition) is 6. The minimum Gasteiger partial charge on any atom is -0.481 e. The predicted molar refractivity (Wildman–Crippen MR) is 157 cm³/mol. The molecule has 1 heterocycles. The van der Waals surface area contributed by atoms with Crippen LogP contribution in [0.2, 0.25) is 0 Å². The summed E-state index contributed by atoms with van der Waals surface area (Å²) in [4.78, 5) is 71.8. The lowest BCUT2D eigenvalue weighted by atomic mass is 10.1. The number of likely N-dealkylation sites (tertiary alicyclic amines) is 1. The summed E-state index contributed by atoms with van der Waals surface area (Å²) in [5, 5.41) is 13.1. The zero-order valence-corrected chi connectivity index (χ0v) is 24.4. The summed E-state index contributed by atoms with van der Waals surface area (Å²) >= 11 is 0. The van der Waals surface area contributed by atoms with Crippen molar-refractivity contribution in [3.63, 3.8) is 0 Å². The van der Waals surface area contributed by atoms with Crippen molar-refractivity contribution in [1.82, 2.24) is 14.7 Å². The number of para-hydroxylation sites is 1. The normalized spacial score (nSPS) is 12.6. The molecular weight excluding hydrogens is 542 g/mol. The number of hydrogen-bond donors (Lipinski definition) is 2. The van der Waals surface area contributed by atoms with Crippen molar-refractivity contribution >= 4 is 41.1 Å². The molecule has 0 spiro atoms. The largest absolute Gasteiger partial charge is 0.481 e. The van der Waals surface area contributed by atoms with Crippen LogP contribution in [0.25, 0.3) is 0 Å². The number of rotatable bonds is 14. The third-order valence-electron chi connectivity index (χ3n) is 6.91. The molecule has 0 radical (unpaired) electrons. The van der Waals surface area contributed by atoms with Gasteiger partial charge in [-0.3, -0.25) is 24.0 Å². The molecule has 1 aliphatic heterocycles. The quantitative estimate of drug-likeness (QED) is 0.327. The smallest absolute Gasteiger partial charge is 0.350 e. The molecular formula is C30H39N5O7. The van der Waals surface area contributed by atoms with Gasteiger partial charge in [0.2, 0.25) is 17.7 Å². The minimum atomic E-state index is -1.03. The van der Waals surface area contributed by atoms with Crippen molar-refractivity contribution in [2.24, 2.45) is 0 Å². The van der Waals surface area contributed by atoms with E-state index in [0.29, 0.717) is 36.4 Å². The Kier molecular flexibility index (Phi) is 11.9. The Morgan fingerprint density at radius 3 is 2.36 bits per heavy atom. The first kappa shape index (κ1) is 32.1. The van der Waals surface area contributed by atoms with Gasteiger partial charge in [0.05, 0.1) is 31.7 Å². The average molecular weight is 582 g/mol. The van der Waals surface area contributed by atoms with Crippen molar-refractivity contribution in [2.75, 3.05) is 56.8 Å². The molecule has 2 N–H and O–H groups in total. The van der Waals surface area contributed by atoms with Gasteiger partial charge in [-0.15, -0.1) is 0 Å². The number of carboxylic acid groups (broad SMARTS) is 1. The van der Waals surface area contributed by atoms with Gasteiger partial charge >= 0.3 is 12.0 Å². The molecule has 3 rings (SSSR count). The van der Waals surface area contributed by atoms with Gasteiger partial charge in [0.15, 0.2) is 0 Å². The SMILES string of the molecule is CCON(C(=O)Nc1ccccc1C)c1ccc(CC(=O)N(C)CC(=O)N(CCC(=O)O)CCN2CCCC2=O)cc1. The Labute approximate surface area is 245 Å². The second-order valence-electron chi connectivity index (χ2n) is 10.1. The number of aryl methyl sites for hydroxylation is 1. The maximum atomic E-state index is 13.0. The molecule has 0 aliphatic carbocycles. The van der Waals surface area contributed by atoms with Gasteiger partial charge in [0.25, 0.3) is 0 Å². The van der Waals surface area contributed by atoms with E-state index in [0.717, 1.165) is 17.0 Å². The number of carboxylic acids is 1. The van der Waals surface area contributed by atoms with E-state index >= 15 is 0 Å². The summed E-state index contributed by atoms with van der Waals surface area (Å²) in [5.74, 6) is -1.70. The first-order valence-electron chi connectivity index (χ1n) is 14.0. The van der Waals surface area contributed by atoms with Crippen LogP contribution in [0.3, 0.4) is 0 Å². The molecule has 12 heteroatoms. The van der Waals surface area contributed by atoms with E-state index in [-0.39, 0.29) is 56.8 Å². The lowest BCUT2D eigenvalue weighted by Gasteiger charge is -2.27. The highest BCUT2D eigenvalue weighted by Gasteiger charge is 2.24. The zero-order chi connectivity index (χ0) is 30.6. The number of carbonyl (C=O) groups excluding carboxylic acids is 4. The Bertz CT molecular complexity index is 1270. The topological polar surface area (TPSA) is 140 Å². The standard InChI is InChI=1S/C30H39N5O7/c1-4-42-35(30(41)31-25-9-6-5-8-22(25)2)24-13-11-23(12-14-24)20-27(37)32(3)21-28(38)34(17-15-29(39)40)19-18-33-16-7-10-26(33)36/h5-6,8-9,11-14H,4,7,10,15-21H2,1-3H3,(H,31,41)(H,39,40). The molecule has 0 aromatic heterocycles. The van der Waals surface area contributed by atoms with Crippen LogP contribution in [0.4, 0.5) is 16.2 Å². The van der Waals surface area contributed by atoms with Crippen LogP contribution in [0.5, 0.6) is 0 Å². The van der Waals surface area contributed by atoms with Gasteiger partial charge < -0.3 is 25.1 Å². The van der Waals surface area contributed by atoms with E-state index in [2.05, 4.69) is 5.32 Å². The molecule has 0 saturated carbocycles. The third kappa shape index (κ3) is 9.30. The highest BCUT2D eigenvalue weighted by Crippen LogP contribution is 2.20. The third-order valence-corrected chi connectivity index (χ3v) is 6.91. The van der Waals surface area contributed by atoms with Gasteiger partial charge in [-0.25, -0.2) is 4.79 Å². The van der Waals surface area contributed by atoms with Crippen LogP contribution >= 0.6 is 0 Å². The van der Waals surface area contributed by atoms with Crippen molar-refractivity contribution in [3.05, 3.63) is 59.7 Å². The summed E-state index contributed by atoms with van der Waals surface area (Å²) < 4.78 is 0. The molecule has 0 unspecified atom stereocenters. The number of nitrogens with one attached hydrogen (secondary N) is 1. The number of hydroxylamine groups is 1. The summed E-state index contributed by atoms with van der Waals surface area (Å²) in [6.45, 7) is 4.85. The Balaban J connectivity index is 1.58. The zero-order valence-electron chi connectivity index (χ0n) is 24.4. The minimum absolute atomic E-state index is 0.00651. The lowest BCUT2D eigenvalue weighted by Crippen LogP contribution is -2.45. The Hall–Kier alpha value is -4.45. The van der Waals surface area contributed by atoms with Crippen molar-refractivity contribution in [3.8, 4) is 0 Å². The molecule has 5 amide bonds. The van der Waals surface area contributed by atoms with Gasteiger partial charge in [0.1, 0.15) is 0 Å².